The smallest absolute Gasteiger partial charge is 0.317 e. The van der Waals surface area contributed by atoms with E-state index in [9.17, 15) is 9.59 Å². The molecule has 1 aromatic heterocycles. The summed E-state index contributed by atoms with van der Waals surface area (Å²) in [5.74, 6) is -1.66. The molecule has 0 aromatic carbocycles. The number of ketones is 1. The third-order valence-electron chi connectivity index (χ3n) is 2.50. The van der Waals surface area contributed by atoms with Crippen LogP contribution in [0.15, 0.2) is 12.1 Å². The van der Waals surface area contributed by atoms with Crippen molar-refractivity contribution in [1.82, 2.24) is 4.98 Å². The zero-order valence-corrected chi connectivity index (χ0v) is 12.4. The monoisotopic (exact) mass is 263 g/mol. The highest BCUT2D eigenvalue weighted by Gasteiger charge is 2.28. The predicted octanol–water partition coefficient (Wildman–Crippen LogP) is 2.86. The van der Waals surface area contributed by atoms with Crippen molar-refractivity contribution in [1.29, 1.82) is 0 Å². The van der Waals surface area contributed by atoms with Gasteiger partial charge in [-0.1, -0.05) is 0 Å². The summed E-state index contributed by atoms with van der Waals surface area (Å²) in [7, 11) is 0. The highest BCUT2D eigenvalue weighted by Crippen LogP contribution is 2.15. The first-order valence-electron chi connectivity index (χ1n) is 6.32. The number of carbonyl (C=O) groups excluding carboxylic acids is 2. The van der Waals surface area contributed by atoms with Gasteiger partial charge in [0.1, 0.15) is 17.2 Å². The standard InChI is InChI=1S/C15H21NO3/c1-9-7-10(2)16-12(8-9)13(17)11(3)14(18)19-15(4,5)6/h7-8,11H,1-6H3. The van der Waals surface area contributed by atoms with Gasteiger partial charge in [0.15, 0.2) is 5.78 Å². The summed E-state index contributed by atoms with van der Waals surface area (Å²) < 4.78 is 5.22. The lowest BCUT2D eigenvalue weighted by molar-refractivity contribution is -0.157. The van der Waals surface area contributed by atoms with Gasteiger partial charge >= 0.3 is 5.97 Å². The summed E-state index contributed by atoms with van der Waals surface area (Å²) in [6.45, 7) is 10.6. The van der Waals surface area contributed by atoms with Crippen molar-refractivity contribution < 1.29 is 14.3 Å². The molecule has 1 unspecified atom stereocenters. The van der Waals surface area contributed by atoms with Crippen molar-refractivity contribution in [3.63, 3.8) is 0 Å². The van der Waals surface area contributed by atoms with Crippen molar-refractivity contribution in [2.45, 2.75) is 47.1 Å². The van der Waals surface area contributed by atoms with E-state index < -0.39 is 17.5 Å². The lowest BCUT2D eigenvalue weighted by atomic mass is 10.0. The van der Waals surface area contributed by atoms with E-state index in [4.69, 9.17) is 4.74 Å². The van der Waals surface area contributed by atoms with Gasteiger partial charge in [-0.2, -0.15) is 0 Å². The minimum absolute atomic E-state index is 0.305. The van der Waals surface area contributed by atoms with E-state index >= 15 is 0 Å². The molecule has 1 heterocycles. The molecule has 0 aliphatic rings. The van der Waals surface area contributed by atoms with Crippen molar-refractivity contribution in [2.75, 3.05) is 0 Å². The normalized spacial score (nSPS) is 12.9. The molecule has 0 bridgehead atoms. The van der Waals surface area contributed by atoms with Crippen LogP contribution in [-0.2, 0) is 9.53 Å². The van der Waals surface area contributed by atoms with E-state index in [2.05, 4.69) is 4.98 Å². The molecule has 1 aromatic rings. The summed E-state index contributed by atoms with van der Waals surface area (Å²) in [4.78, 5) is 28.3. The second kappa shape index (κ2) is 5.51. The zero-order chi connectivity index (χ0) is 14.8. The third kappa shape index (κ3) is 4.47. The Morgan fingerprint density at radius 3 is 2.26 bits per heavy atom. The summed E-state index contributed by atoms with van der Waals surface area (Å²) >= 11 is 0. The first-order chi connectivity index (χ1) is 8.60. The molecule has 0 aliphatic carbocycles. The number of hydrogen-bond acceptors (Lipinski definition) is 4. The van der Waals surface area contributed by atoms with Crippen molar-refractivity contribution in [2.24, 2.45) is 5.92 Å². The minimum atomic E-state index is -0.840. The Bertz CT molecular complexity index is 480. The van der Waals surface area contributed by atoms with Crippen LogP contribution in [0.2, 0.25) is 0 Å². The van der Waals surface area contributed by atoms with E-state index in [0.717, 1.165) is 11.3 Å². The predicted molar refractivity (Wildman–Crippen MR) is 73.1 cm³/mol. The molecule has 19 heavy (non-hydrogen) atoms. The van der Waals surface area contributed by atoms with Gasteiger partial charge in [-0.15, -0.1) is 0 Å². The van der Waals surface area contributed by atoms with Crippen LogP contribution in [0.1, 0.15) is 49.4 Å². The first-order valence-corrected chi connectivity index (χ1v) is 6.32. The van der Waals surface area contributed by atoms with Crippen LogP contribution < -0.4 is 0 Å². The SMILES string of the molecule is Cc1cc(C)nc(C(=O)C(C)C(=O)OC(C)(C)C)c1. The number of aryl methyl sites for hydroxylation is 2. The zero-order valence-electron chi connectivity index (χ0n) is 12.4. The lowest BCUT2D eigenvalue weighted by Crippen LogP contribution is -2.31. The number of ether oxygens (including phenoxy) is 1. The van der Waals surface area contributed by atoms with Gasteiger partial charge in [0.2, 0.25) is 0 Å². The van der Waals surface area contributed by atoms with Crippen LogP contribution in [0.3, 0.4) is 0 Å². The topological polar surface area (TPSA) is 56.3 Å². The largest absolute Gasteiger partial charge is 0.459 e. The van der Waals surface area contributed by atoms with Gasteiger partial charge in [0.25, 0.3) is 0 Å². The van der Waals surface area contributed by atoms with Gasteiger partial charge in [-0.05, 0) is 59.2 Å². The van der Waals surface area contributed by atoms with E-state index in [1.165, 1.54) is 0 Å². The Morgan fingerprint density at radius 2 is 1.79 bits per heavy atom. The fraction of sp³-hybridized carbons (Fsp3) is 0.533. The molecule has 1 rings (SSSR count). The van der Waals surface area contributed by atoms with E-state index in [1.54, 1.807) is 33.8 Å². The Hall–Kier alpha value is -1.71. The Labute approximate surface area is 114 Å². The maximum Gasteiger partial charge on any atom is 0.317 e. The molecule has 0 N–H and O–H groups in total. The van der Waals surface area contributed by atoms with Gasteiger partial charge in [-0.25, -0.2) is 4.98 Å². The Morgan fingerprint density at radius 1 is 1.21 bits per heavy atom. The average molecular weight is 263 g/mol. The van der Waals surface area contributed by atoms with Crippen LogP contribution in [0.25, 0.3) is 0 Å². The highest BCUT2D eigenvalue weighted by molar-refractivity contribution is 6.07. The highest BCUT2D eigenvalue weighted by atomic mass is 16.6. The maximum absolute atomic E-state index is 12.2. The second-order valence-corrected chi connectivity index (χ2v) is 5.79. The lowest BCUT2D eigenvalue weighted by Gasteiger charge is -2.21. The van der Waals surface area contributed by atoms with Crippen molar-refractivity contribution in [3.8, 4) is 0 Å². The van der Waals surface area contributed by atoms with Crippen molar-refractivity contribution in [3.05, 3.63) is 29.1 Å². The summed E-state index contributed by atoms with van der Waals surface area (Å²) in [5.41, 5.74) is 1.43. The molecule has 0 saturated carbocycles. The molecular formula is C15H21NO3. The molecular weight excluding hydrogens is 242 g/mol. The number of rotatable bonds is 3. The molecule has 4 heteroatoms. The second-order valence-electron chi connectivity index (χ2n) is 5.79. The molecule has 0 amide bonds. The van der Waals surface area contributed by atoms with Crippen molar-refractivity contribution >= 4 is 11.8 Å². The van der Waals surface area contributed by atoms with Gasteiger partial charge < -0.3 is 4.74 Å². The van der Waals surface area contributed by atoms with Crippen LogP contribution in [-0.4, -0.2) is 22.3 Å². The van der Waals surface area contributed by atoms with Crippen LogP contribution >= 0.6 is 0 Å². The number of aromatic nitrogens is 1. The fourth-order valence-corrected chi connectivity index (χ4v) is 1.69. The van der Waals surface area contributed by atoms with E-state index in [0.29, 0.717) is 5.69 Å². The first kappa shape index (κ1) is 15.3. The summed E-state index contributed by atoms with van der Waals surface area (Å²) in [5, 5.41) is 0. The molecule has 104 valence electrons. The third-order valence-corrected chi connectivity index (χ3v) is 2.50. The molecule has 0 spiro atoms. The molecule has 0 saturated heterocycles. The van der Waals surface area contributed by atoms with Gasteiger partial charge in [-0.3, -0.25) is 9.59 Å². The molecule has 4 nitrogen and oxygen atoms in total. The number of nitrogens with zero attached hydrogens (tertiary/aromatic N) is 1. The summed E-state index contributed by atoms with van der Waals surface area (Å²) in [6.07, 6.45) is 0. The molecule has 0 fully saturated rings. The molecule has 1 atom stereocenters. The number of esters is 1. The quantitative estimate of drug-likeness (QED) is 0.478. The molecule has 0 aliphatic heterocycles. The van der Waals surface area contributed by atoms with E-state index in [1.807, 2.05) is 19.9 Å². The van der Waals surface area contributed by atoms with Crippen LogP contribution in [0.5, 0.6) is 0 Å². The number of Topliss-reactive ketones (excluding diaryl/α,β-unsaturated/α-hetero) is 1. The Kier molecular flexibility index (Phi) is 4.45. The number of hydrogen-bond donors (Lipinski definition) is 0. The van der Waals surface area contributed by atoms with Crippen LogP contribution in [0.4, 0.5) is 0 Å². The van der Waals surface area contributed by atoms with Crippen LogP contribution in [0, 0.1) is 19.8 Å². The average Bonchev–Trinajstić information content (AvgIpc) is 2.23. The Balaban J connectivity index is 2.90. The van der Waals surface area contributed by atoms with Gasteiger partial charge in [0, 0.05) is 5.69 Å². The van der Waals surface area contributed by atoms with E-state index in [-0.39, 0.29) is 5.78 Å². The summed E-state index contributed by atoms with van der Waals surface area (Å²) in [6, 6.07) is 3.57. The van der Waals surface area contributed by atoms with Gasteiger partial charge in [0.05, 0.1) is 0 Å². The molecule has 0 radical (unpaired) electrons. The fourth-order valence-electron chi connectivity index (χ4n) is 1.69. The maximum atomic E-state index is 12.2. The number of pyridine rings is 1. The minimum Gasteiger partial charge on any atom is -0.459 e. The number of carbonyl (C=O) groups is 2.